The molecule has 1 aromatic carbocycles. The number of ether oxygens (including phenoxy) is 2. The lowest BCUT2D eigenvalue weighted by atomic mass is 10.1. The smallest absolute Gasteiger partial charge is 0.248 e. The maximum atomic E-state index is 13.9. The molecule has 2 aromatic rings. The van der Waals surface area contributed by atoms with Gasteiger partial charge in [-0.15, -0.1) is 11.3 Å². The highest BCUT2D eigenvalue weighted by Gasteiger charge is 2.65. The van der Waals surface area contributed by atoms with Crippen LogP contribution in [0, 0.1) is 13.8 Å². The molecule has 1 aliphatic carbocycles. The highest BCUT2D eigenvalue weighted by atomic mass is 32.2. The molecule has 2 atom stereocenters. The van der Waals surface area contributed by atoms with Crippen LogP contribution in [0.25, 0.3) is 0 Å². The minimum absolute atomic E-state index is 0.000993. The zero-order valence-corrected chi connectivity index (χ0v) is 25.5. The molecule has 3 aliphatic heterocycles. The Morgan fingerprint density at radius 1 is 1.05 bits per heavy atom. The summed E-state index contributed by atoms with van der Waals surface area (Å²) in [5, 5.41) is 0. The van der Waals surface area contributed by atoms with Crippen LogP contribution in [0.5, 0.6) is 5.75 Å². The van der Waals surface area contributed by atoms with E-state index < -0.39 is 15.6 Å². The summed E-state index contributed by atoms with van der Waals surface area (Å²) in [5.74, 6) is 0.646. The van der Waals surface area contributed by atoms with Crippen LogP contribution in [0.2, 0.25) is 0 Å². The van der Waals surface area contributed by atoms with E-state index >= 15 is 0 Å². The van der Waals surface area contributed by atoms with Gasteiger partial charge in [0.15, 0.2) is 0 Å². The first-order chi connectivity index (χ1) is 19.2. The van der Waals surface area contributed by atoms with E-state index in [0.717, 1.165) is 25.8 Å². The Kier molecular flexibility index (Phi) is 7.76. The zero-order chi connectivity index (χ0) is 28.1. The number of likely N-dealkylation sites (tertiary alicyclic amines) is 1. The molecule has 1 spiro atoms. The topological polar surface area (TPSA) is 79.4 Å². The van der Waals surface area contributed by atoms with Crippen LogP contribution in [0.15, 0.2) is 23.1 Å². The highest BCUT2D eigenvalue weighted by Crippen LogP contribution is 2.54. The monoisotopic (exact) mass is 587 g/mol. The summed E-state index contributed by atoms with van der Waals surface area (Å²) in [5.41, 5.74) is 2.11. The first-order valence-electron chi connectivity index (χ1n) is 14.6. The van der Waals surface area contributed by atoms with Gasteiger partial charge in [-0.1, -0.05) is 6.42 Å². The number of carbonyl (C=O) groups is 1. The summed E-state index contributed by atoms with van der Waals surface area (Å²) in [6.07, 6.45) is 6.78. The number of rotatable bonds is 8. The van der Waals surface area contributed by atoms with Gasteiger partial charge in [-0.05, 0) is 100 Å². The summed E-state index contributed by atoms with van der Waals surface area (Å²) in [6, 6.07) is 5.85. The van der Waals surface area contributed by atoms with Gasteiger partial charge in [0.2, 0.25) is 15.9 Å². The van der Waals surface area contributed by atoms with Crippen molar-refractivity contribution in [2.24, 2.45) is 0 Å². The molecule has 0 radical (unpaired) electrons. The molecule has 4 heterocycles. The number of fused-ring (bicyclic) bond motifs is 1. The molecule has 4 aliphatic rings. The van der Waals surface area contributed by atoms with Crippen molar-refractivity contribution in [3.05, 3.63) is 44.6 Å². The first kappa shape index (κ1) is 28.2. The highest BCUT2D eigenvalue weighted by molar-refractivity contribution is 7.89. The van der Waals surface area contributed by atoms with Crippen LogP contribution in [0.3, 0.4) is 0 Å². The van der Waals surface area contributed by atoms with E-state index in [4.69, 9.17) is 9.47 Å². The van der Waals surface area contributed by atoms with Crippen LogP contribution in [0.1, 0.15) is 65.0 Å². The largest absolute Gasteiger partial charge is 0.497 e. The fourth-order valence-electron chi connectivity index (χ4n) is 7.07. The summed E-state index contributed by atoms with van der Waals surface area (Å²) < 4.78 is 40.8. The number of carbonyl (C=O) groups excluding carboxylic acids is 1. The van der Waals surface area contributed by atoms with Crippen molar-refractivity contribution in [2.75, 3.05) is 39.9 Å². The van der Waals surface area contributed by atoms with Crippen LogP contribution in [-0.2, 0) is 39.1 Å². The maximum absolute atomic E-state index is 13.9. The second-order valence-electron chi connectivity index (χ2n) is 11.9. The lowest BCUT2D eigenvalue weighted by molar-refractivity contribution is -0.137. The molecule has 2 saturated heterocycles. The third-order valence-electron chi connectivity index (χ3n) is 9.17. The van der Waals surface area contributed by atoms with Crippen LogP contribution < -0.4 is 4.74 Å². The Balaban J connectivity index is 1.07. The molecule has 218 valence electrons. The number of sulfonamides is 1. The van der Waals surface area contributed by atoms with Gasteiger partial charge in [0.25, 0.3) is 0 Å². The lowest BCUT2D eigenvalue weighted by Gasteiger charge is -2.28. The number of hydrogen-bond acceptors (Lipinski definition) is 7. The number of hydrogen-bond donors (Lipinski definition) is 0. The molecule has 40 heavy (non-hydrogen) atoms. The molecule has 1 unspecified atom stereocenters. The number of amides is 1. The molecule has 8 nitrogen and oxygen atoms in total. The number of nitrogens with zero attached hydrogens (tertiary/aromatic N) is 3. The van der Waals surface area contributed by atoms with Crippen molar-refractivity contribution in [1.82, 2.24) is 14.1 Å². The molecule has 0 bridgehead atoms. The number of thiophene rings is 1. The molecular formula is C30H41N3O5S2. The molecule has 0 N–H and O–H groups in total. The Morgan fingerprint density at radius 2 is 1.80 bits per heavy atom. The maximum Gasteiger partial charge on any atom is 0.248 e. The molecule has 1 saturated carbocycles. The SMILES string of the molecule is COc1cc(C)c(S(=O)(=O)N2CCC[C@]23CC3OCC(=O)N2CCc3sc(CN4CCCCC4)cc3C2)c(C)c1. The third kappa shape index (κ3) is 5.22. The van der Waals surface area contributed by atoms with Gasteiger partial charge >= 0.3 is 0 Å². The van der Waals surface area contributed by atoms with E-state index in [1.807, 2.05) is 30.1 Å². The van der Waals surface area contributed by atoms with Crippen LogP contribution in [0.4, 0.5) is 0 Å². The van der Waals surface area contributed by atoms with Gasteiger partial charge in [-0.3, -0.25) is 9.69 Å². The molecule has 3 fully saturated rings. The van der Waals surface area contributed by atoms with Gasteiger partial charge < -0.3 is 14.4 Å². The van der Waals surface area contributed by atoms with Crippen molar-refractivity contribution < 1.29 is 22.7 Å². The molecule has 1 aromatic heterocycles. The number of aryl methyl sites for hydroxylation is 2. The second kappa shape index (κ2) is 11.0. The third-order valence-corrected chi connectivity index (χ3v) is 12.7. The normalized spacial score (nSPS) is 25.4. The minimum Gasteiger partial charge on any atom is -0.497 e. The first-order valence-corrected chi connectivity index (χ1v) is 16.9. The minimum atomic E-state index is -3.70. The Hall–Kier alpha value is -1.98. The van der Waals surface area contributed by atoms with Crippen LogP contribution >= 0.6 is 11.3 Å². The summed E-state index contributed by atoms with van der Waals surface area (Å²) in [4.78, 5) is 20.8. The molecule has 6 rings (SSSR count). The summed E-state index contributed by atoms with van der Waals surface area (Å²) >= 11 is 1.91. The zero-order valence-electron chi connectivity index (χ0n) is 23.9. The number of piperidine rings is 1. The van der Waals surface area contributed by atoms with Crippen molar-refractivity contribution in [3.63, 3.8) is 0 Å². The number of methoxy groups -OCH3 is 1. The van der Waals surface area contributed by atoms with E-state index in [9.17, 15) is 13.2 Å². The van der Waals surface area contributed by atoms with Crippen LogP contribution in [-0.4, -0.2) is 80.0 Å². The second-order valence-corrected chi connectivity index (χ2v) is 15.0. The van der Waals surface area contributed by atoms with E-state index in [-0.39, 0.29) is 18.6 Å². The quantitative estimate of drug-likeness (QED) is 0.460. The van der Waals surface area contributed by atoms with E-state index in [2.05, 4.69) is 11.0 Å². The van der Waals surface area contributed by atoms with Gasteiger partial charge in [0, 0.05) is 35.9 Å². The Labute approximate surface area is 242 Å². The van der Waals surface area contributed by atoms with Crippen molar-refractivity contribution in [2.45, 2.75) is 88.4 Å². The van der Waals surface area contributed by atoms with E-state index in [0.29, 0.717) is 47.8 Å². The van der Waals surface area contributed by atoms with Gasteiger partial charge in [0.05, 0.1) is 23.6 Å². The van der Waals surface area contributed by atoms with Gasteiger partial charge in [-0.25, -0.2) is 8.42 Å². The predicted molar refractivity (Wildman–Crippen MR) is 155 cm³/mol. The Morgan fingerprint density at radius 3 is 2.52 bits per heavy atom. The average molecular weight is 588 g/mol. The molecular weight excluding hydrogens is 546 g/mol. The van der Waals surface area contributed by atoms with Crippen molar-refractivity contribution in [3.8, 4) is 5.75 Å². The fourth-order valence-corrected chi connectivity index (χ4v) is 10.6. The standard InChI is InChI=1S/C30H41N3O5S2/c1-21-14-24(37-3)15-22(2)29(21)40(35,36)33-12-7-9-30(33)17-27(30)38-20-28(34)32-13-8-26-23(18-32)16-25(39-26)19-31-10-5-4-6-11-31/h14-16,27H,4-13,17-20H2,1-3H3/t27?,30-/m1/s1. The number of benzene rings is 1. The fraction of sp³-hybridized carbons (Fsp3) is 0.633. The van der Waals surface area contributed by atoms with E-state index in [1.54, 1.807) is 23.5 Å². The Bertz CT molecular complexity index is 1360. The average Bonchev–Trinajstić information content (AvgIpc) is 3.23. The van der Waals surface area contributed by atoms with Crippen molar-refractivity contribution >= 4 is 27.3 Å². The van der Waals surface area contributed by atoms with Crippen molar-refractivity contribution in [1.29, 1.82) is 0 Å². The lowest BCUT2D eigenvalue weighted by Crippen LogP contribution is -2.41. The summed E-state index contributed by atoms with van der Waals surface area (Å²) in [7, 11) is -2.12. The molecule has 1 amide bonds. The molecule has 10 heteroatoms. The van der Waals surface area contributed by atoms with Gasteiger partial charge in [-0.2, -0.15) is 4.31 Å². The van der Waals surface area contributed by atoms with Gasteiger partial charge in [0.1, 0.15) is 12.4 Å². The van der Waals surface area contributed by atoms with E-state index in [1.165, 1.54) is 47.7 Å². The summed E-state index contributed by atoms with van der Waals surface area (Å²) in [6.45, 7) is 8.86. The predicted octanol–water partition coefficient (Wildman–Crippen LogP) is 4.26.